The number of thiophene rings is 2. The molecule has 0 saturated carbocycles. The van der Waals surface area contributed by atoms with Gasteiger partial charge in [0.2, 0.25) is 5.89 Å². The number of anilines is 1. The first-order valence-electron chi connectivity index (χ1n) is 5.54. The number of halogens is 1. The van der Waals surface area contributed by atoms with Crippen LogP contribution in [-0.4, -0.2) is 4.98 Å². The average molecular weight is 398 g/mol. The fourth-order valence-electron chi connectivity index (χ4n) is 1.97. The summed E-state index contributed by atoms with van der Waals surface area (Å²) in [4.78, 5) is 5.63. The molecular formula is C13H7IN2OS2. The molecule has 0 radical (unpaired) electrons. The quantitative estimate of drug-likeness (QED) is 0.364. The summed E-state index contributed by atoms with van der Waals surface area (Å²) in [6.45, 7) is 0. The highest BCUT2D eigenvalue weighted by atomic mass is 127. The number of fused-ring (bicyclic) bond motifs is 2. The van der Waals surface area contributed by atoms with Crippen LogP contribution in [0.2, 0.25) is 0 Å². The van der Waals surface area contributed by atoms with Crippen LogP contribution in [-0.2, 0) is 0 Å². The number of aromatic nitrogens is 1. The number of hydrogen-bond acceptors (Lipinski definition) is 5. The Morgan fingerprint density at radius 1 is 1.26 bits per heavy atom. The third-order valence-electron chi connectivity index (χ3n) is 2.88. The third kappa shape index (κ3) is 1.78. The minimum atomic E-state index is 0.632. The molecule has 4 rings (SSSR count). The Kier molecular flexibility index (Phi) is 2.58. The van der Waals surface area contributed by atoms with Gasteiger partial charge in [0.05, 0.1) is 14.6 Å². The molecule has 0 atom stereocenters. The molecule has 2 N–H and O–H groups in total. The Hall–Kier alpha value is -1.12. The summed E-state index contributed by atoms with van der Waals surface area (Å²) in [5.41, 5.74) is 8.09. The van der Waals surface area contributed by atoms with Crippen molar-refractivity contribution in [3.05, 3.63) is 33.2 Å². The molecule has 6 heteroatoms. The van der Waals surface area contributed by atoms with Crippen molar-refractivity contribution in [1.82, 2.24) is 4.98 Å². The molecule has 19 heavy (non-hydrogen) atoms. The topological polar surface area (TPSA) is 52.0 Å². The van der Waals surface area contributed by atoms with Crippen LogP contribution in [0.15, 0.2) is 34.1 Å². The standard InChI is InChI=1S/C13H7IN2OS2/c14-7-1-2-8(15)11-10(7)16-12(17-11)9-5-6-3-4-18-13(6)19-9/h1-5H,15H2. The zero-order valence-electron chi connectivity index (χ0n) is 9.51. The molecule has 94 valence electrons. The van der Waals surface area contributed by atoms with E-state index in [1.165, 1.54) is 9.40 Å². The number of oxazole rings is 1. The predicted molar refractivity (Wildman–Crippen MR) is 89.8 cm³/mol. The van der Waals surface area contributed by atoms with Gasteiger partial charge in [-0.25, -0.2) is 4.98 Å². The predicted octanol–water partition coefficient (Wildman–Crippen LogP) is 4.96. The van der Waals surface area contributed by atoms with Gasteiger partial charge in [-0.2, -0.15) is 0 Å². The van der Waals surface area contributed by atoms with Crippen molar-refractivity contribution in [2.75, 3.05) is 5.73 Å². The highest BCUT2D eigenvalue weighted by molar-refractivity contribution is 14.1. The largest absolute Gasteiger partial charge is 0.433 e. The summed E-state index contributed by atoms with van der Waals surface area (Å²) < 4.78 is 8.18. The highest BCUT2D eigenvalue weighted by Gasteiger charge is 2.15. The average Bonchev–Trinajstić information content (AvgIpc) is 3.05. The van der Waals surface area contributed by atoms with E-state index in [4.69, 9.17) is 10.2 Å². The Morgan fingerprint density at radius 2 is 2.16 bits per heavy atom. The smallest absolute Gasteiger partial charge is 0.237 e. The van der Waals surface area contributed by atoms with Gasteiger partial charge in [-0.15, -0.1) is 22.7 Å². The van der Waals surface area contributed by atoms with Gasteiger partial charge in [0.25, 0.3) is 0 Å². The number of benzene rings is 1. The van der Waals surface area contributed by atoms with E-state index in [2.05, 4.69) is 45.1 Å². The Bertz CT molecular complexity index is 838. The number of rotatable bonds is 1. The monoisotopic (exact) mass is 398 g/mol. The van der Waals surface area contributed by atoms with Gasteiger partial charge >= 0.3 is 0 Å². The van der Waals surface area contributed by atoms with Gasteiger partial charge in [-0.1, -0.05) is 0 Å². The first kappa shape index (κ1) is 11.7. The van der Waals surface area contributed by atoms with Crippen LogP contribution in [0.4, 0.5) is 5.69 Å². The molecule has 0 bridgehead atoms. The summed E-state index contributed by atoms with van der Waals surface area (Å²) in [6.07, 6.45) is 0. The number of nitrogens with two attached hydrogens (primary N) is 1. The normalized spacial score (nSPS) is 11.6. The summed E-state index contributed by atoms with van der Waals surface area (Å²) in [6, 6.07) is 8.04. The first-order chi connectivity index (χ1) is 9.22. The van der Waals surface area contributed by atoms with E-state index in [1.54, 1.807) is 22.7 Å². The zero-order chi connectivity index (χ0) is 13.0. The van der Waals surface area contributed by atoms with Crippen molar-refractivity contribution >= 4 is 71.5 Å². The maximum absolute atomic E-state index is 5.94. The summed E-state index contributed by atoms with van der Waals surface area (Å²) in [5, 5.41) is 3.34. The molecule has 0 spiro atoms. The van der Waals surface area contributed by atoms with Crippen molar-refractivity contribution in [1.29, 1.82) is 0 Å². The molecule has 0 aliphatic rings. The van der Waals surface area contributed by atoms with Crippen LogP contribution in [0.1, 0.15) is 0 Å². The Labute approximate surface area is 130 Å². The molecule has 3 aromatic heterocycles. The van der Waals surface area contributed by atoms with E-state index in [9.17, 15) is 0 Å². The minimum absolute atomic E-state index is 0.632. The Morgan fingerprint density at radius 3 is 2.95 bits per heavy atom. The van der Waals surface area contributed by atoms with E-state index in [1.807, 2.05) is 12.1 Å². The SMILES string of the molecule is Nc1ccc(I)c2nc(-c3cc4ccsc4s3)oc12. The van der Waals surface area contributed by atoms with E-state index in [0.717, 1.165) is 14.0 Å². The second-order valence-electron chi connectivity index (χ2n) is 4.11. The Balaban J connectivity index is 1.98. The molecule has 3 nitrogen and oxygen atoms in total. The molecule has 3 heterocycles. The van der Waals surface area contributed by atoms with Crippen LogP contribution in [0.25, 0.3) is 31.3 Å². The molecule has 0 saturated heterocycles. The number of nitrogen functional groups attached to an aromatic ring is 1. The van der Waals surface area contributed by atoms with Crippen LogP contribution in [0.3, 0.4) is 0 Å². The molecule has 0 aliphatic heterocycles. The van der Waals surface area contributed by atoms with Gasteiger partial charge in [0, 0.05) is 8.96 Å². The van der Waals surface area contributed by atoms with Crippen LogP contribution >= 0.6 is 45.3 Å². The second-order valence-corrected chi connectivity index (χ2v) is 7.50. The van der Waals surface area contributed by atoms with E-state index in [-0.39, 0.29) is 0 Å². The highest BCUT2D eigenvalue weighted by Crippen LogP contribution is 2.38. The fraction of sp³-hybridized carbons (Fsp3) is 0. The van der Waals surface area contributed by atoms with Crippen molar-refractivity contribution < 1.29 is 4.42 Å². The lowest BCUT2D eigenvalue weighted by Gasteiger charge is -1.93. The maximum Gasteiger partial charge on any atom is 0.237 e. The van der Waals surface area contributed by atoms with Crippen LogP contribution in [0.5, 0.6) is 0 Å². The van der Waals surface area contributed by atoms with Crippen molar-refractivity contribution in [2.45, 2.75) is 0 Å². The van der Waals surface area contributed by atoms with Crippen molar-refractivity contribution in [3.63, 3.8) is 0 Å². The first-order valence-corrected chi connectivity index (χ1v) is 8.32. The lowest BCUT2D eigenvalue weighted by Crippen LogP contribution is -1.85. The minimum Gasteiger partial charge on any atom is -0.433 e. The summed E-state index contributed by atoms with van der Waals surface area (Å²) in [7, 11) is 0. The molecular weight excluding hydrogens is 391 g/mol. The number of hydrogen-bond donors (Lipinski definition) is 1. The van der Waals surface area contributed by atoms with Crippen molar-refractivity contribution in [2.24, 2.45) is 0 Å². The van der Waals surface area contributed by atoms with Gasteiger partial charge in [-0.05, 0) is 52.2 Å². The van der Waals surface area contributed by atoms with E-state index >= 15 is 0 Å². The fourth-order valence-corrected chi connectivity index (χ4v) is 4.55. The van der Waals surface area contributed by atoms with E-state index < -0.39 is 0 Å². The maximum atomic E-state index is 5.94. The van der Waals surface area contributed by atoms with Crippen LogP contribution in [0, 0.1) is 3.57 Å². The van der Waals surface area contributed by atoms with Gasteiger partial charge in [-0.3, -0.25) is 0 Å². The summed E-state index contributed by atoms with van der Waals surface area (Å²) in [5.74, 6) is 0.652. The second kappa shape index (κ2) is 4.19. The summed E-state index contributed by atoms with van der Waals surface area (Å²) >= 11 is 5.69. The molecule has 0 fully saturated rings. The van der Waals surface area contributed by atoms with Gasteiger partial charge in [0.15, 0.2) is 5.58 Å². The zero-order valence-corrected chi connectivity index (χ0v) is 13.3. The van der Waals surface area contributed by atoms with Crippen molar-refractivity contribution in [3.8, 4) is 10.8 Å². The molecule has 0 amide bonds. The molecule has 0 unspecified atom stereocenters. The molecule has 4 aromatic rings. The third-order valence-corrected chi connectivity index (χ3v) is 5.95. The lowest BCUT2D eigenvalue weighted by molar-refractivity contribution is 0.623. The molecule has 0 aliphatic carbocycles. The van der Waals surface area contributed by atoms with E-state index in [0.29, 0.717) is 17.2 Å². The molecule has 1 aromatic carbocycles. The number of nitrogens with zero attached hydrogens (tertiary/aromatic N) is 1. The van der Waals surface area contributed by atoms with Gasteiger partial charge in [0.1, 0.15) is 5.52 Å². The lowest BCUT2D eigenvalue weighted by atomic mass is 10.3. The van der Waals surface area contributed by atoms with Crippen LogP contribution < -0.4 is 5.73 Å². The van der Waals surface area contributed by atoms with Gasteiger partial charge < -0.3 is 10.2 Å².